The maximum absolute atomic E-state index is 13.5. The summed E-state index contributed by atoms with van der Waals surface area (Å²) in [5.41, 5.74) is -1.35. The first-order valence-corrected chi connectivity index (χ1v) is 5.33. The third-order valence-electron chi connectivity index (χ3n) is 2.87. The fourth-order valence-corrected chi connectivity index (χ4v) is 1.63. The SMILES string of the molecule is O=C(c1ccc(C(F)(F)F)cc1)C(F)(F)C1CC1. The van der Waals surface area contributed by atoms with Crippen LogP contribution in [0.25, 0.3) is 0 Å². The maximum atomic E-state index is 13.5. The quantitative estimate of drug-likeness (QED) is 0.597. The molecule has 98 valence electrons. The van der Waals surface area contributed by atoms with Crippen molar-refractivity contribution in [3.8, 4) is 0 Å². The molecule has 0 radical (unpaired) electrons. The van der Waals surface area contributed by atoms with Crippen molar-refractivity contribution in [2.75, 3.05) is 0 Å². The minimum absolute atomic E-state index is 0.277. The van der Waals surface area contributed by atoms with E-state index in [0.717, 1.165) is 12.1 Å². The molecule has 0 aliphatic heterocycles. The Morgan fingerprint density at radius 3 is 1.89 bits per heavy atom. The molecule has 1 nitrogen and oxygen atoms in total. The van der Waals surface area contributed by atoms with Crippen LogP contribution in [0, 0.1) is 5.92 Å². The molecule has 0 aromatic heterocycles. The Morgan fingerprint density at radius 1 is 1.00 bits per heavy atom. The molecule has 0 N–H and O–H groups in total. The Bertz CT molecular complexity index is 456. The van der Waals surface area contributed by atoms with Gasteiger partial charge in [0.05, 0.1) is 5.56 Å². The van der Waals surface area contributed by atoms with Gasteiger partial charge in [0.25, 0.3) is 0 Å². The molecule has 0 spiro atoms. The van der Waals surface area contributed by atoms with Gasteiger partial charge in [-0.15, -0.1) is 0 Å². The number of hydrogen-bond acceptors (Lipinski definition) is 1. The molecule has 1 aromatic rings. The fourth-order valence-electron chi connectivity index (χ4n) is 1.63. The molecule has 0 saturated heterocycles. The summed E-state index contributed by atoms with van der Waals surface area (Å²) >= 11 is 0. The highest BCUT2D eigenvalue weighted by Crippen LogP contribution is 2.45. The van der Waals surface area contributed by atoms with E-state index < -0.39 is 29.4 Å². The fraction of sp³-hybridized carbons (Fsp3) is 0.417. The normalized spacial score (nSPS) is 16.7. The van der Waals surface area contributed by atoms with Crippen LogP contribution < -0.4 is 0 Å². The monoisotopic (exact) mass is 264 g/mol. The van der Waals surface area contributed by atoms with E-state index in [1.54, 1.807) is 0 Å². The number of rotatable bonds is 3. The van der Waals surface area contributed by atoms with Gasteiger partial charge < -0.3 is 0 Å². The van der Waals surface area contributed by atoms with Gasteiger partial charge in [-0.25, -0.2) is 0 Å². The van der Waals surface area contributed by atoms with E-state index >= 15 is 0 Å². The lowest BCUT2D eigenvalue weighted by molar-refractivity contribution is -0.137. The molecule has 1 aliphatic rings. The van der Waals surface area contributed by atoms with E-state index in [0.29, 0.717) is 12.1 Å². The summed E-state index contributed by atoms with van der Waals surface area (Å²) in [4.78, 5) is 11.5. The summed E-state index contributed by atoms with van der Waals surface area (Å²) in [6, 6.07) is 2.86. The first kappa shape index (κ1) is 13.0. The zero-order valence-electron chi connectivity index (χ0n) is 9.10. The van der Waals surface area contributed by atoms with Crippen molar-refractivity contribution >= 4 is 5.78 Å². The van der Waals surface area contributed by atoms with E-state index in [2.05, 4.69) is 0 Å². The Morgan fingerprint density at radius 2 is 1.50 bits per heavy atom. The summed E-state index contributed by atoms with van der Waals surface area (Å²) in [6.45, 7) is 0. The van der Waals surface area contributed by atoms with E-state index in [1.165, 1.54) is 0 Å². The van der Waals surface area contributed by atoms with Crippen molar-refractivity contribution in [2.45, 2.75) is 24.9 Å². The minimum atomic E-state index is -4.54. The van der Waals surface area contributed by atoms with Crippen LogP contribution in [0.2, 0.25) is 0 Å². The average molecular weight is 264 g/mol. The lowest BCUT2D eigenvalue weighted by Gasteiger charge is -2.14. The number of alkyl halides is 5. The number of hydrogen-bond donors (Lipinski definition) is 0. The Labute approximate surface area is 99.6 Å². The number of benzene rings is 1. The van der Waals surface area contributed by atoms with Gasteiger partial charge in [-0.05, 0) is 25.0 Å². The van der Waals surface area contributed by atoms with Crippen LogP contribution in [0.5, 0.6) is 0 Å². The molecule has 1 saturated carbocycles. The first-order chi connectivity index (χ1) is 8.23. The van der Waals surface area contributed by atoms with Crippen molar-refractivity contribution in [2.24, 2.45) is 5.92 Å². The number of halogens is 5. The molecule has 18 heavy (non-hydrogen) atoms. The first-order valence-electron chi connectivity index (χ1n) is 5.33. The zero-order valence-corrected chi connectivity index (χ0v) is 9.10. The van der Waals surface area contributed by atoms with Crippen LogP contribution in [-0.4, -0.2) is 11.7 Å². The molecule has 6 heteroatoms. The van der Waals surface area contributed by atoms with Crippen molar-refractivity contribution < 1.29 is 26.7 Å². The molecule has 0 heterocycles. The highest BCUT2D eigenvalue weighted by molar-refractivity contribution is 6.01. The summed E-state index contributed by atoms with van der Waals surface area (Å²) in [6.07, 6.45) is -3.99. The second-order valence-electron chi connectivity index (χ2n) is 4.30. The second-order valence-corrected chi connectivity index (χ2v) is 4.30. The summed E-state index contributed by atoms with van der Waals surface area (Å²) < 4.78 is 63.7. The average Bonchev–Trinajstić information content (AvgIpc) is 3.11. The zero-order chi connectivity index (χ0) is 13.6. The number of carbonyl (C=O) groups excluding carboxylic acids is 1. The van der Waals surface area contributed by atoms with Gasteiger partial charge in [0.1, 0.15) is 0 Å². The van der Waals surface area contributed by atoms with Crippen LogP contribution in [0.3, 0.4) is 0 Å². The van der Waals surface area contributed by atoms with Gasteiger partial charge in [-0.2, -0.15) is 22.0 Å². The molecule has 0 bridgehead atoms. The Kier molecular flexibility index (Phi) is 2.91. The van der Waals surface area contributed by atoms with E-state index in [4.69, 9.17) is 0 Å². The van der Waals surface area contributed by atoms with Crippen molar-refractivity contribution in [1.82, 2.24) is 0 Å². The van der Waals surface area contributed by atoms with Gasteiger partial charge in [0.15, 0.2) is 0 Å². The van der Waals surface area contributed by atoms with Gasteiger partial charge in [0.2, 0.25) is 5.78 Å². The third-order valence-corrected chi connectivity index (χ3v) is 2.87. The van der Waals surface area contributed by atoms with Gasteiger partial charge >= 0.3 is 12.1 Å². The summed E-state index contributed by atoms with van der Waals surface area (Å²) in [7, 11) is 0. The van der Waals surface area contributed by atoms with Crippen molar-refractivity contribution in [1.29, 1.82) is 0 Å². The molecular formula is C12H9F5O. The van der Waals surface area contributed by atoms with Crippen molar-refractivity contribution in [3.63, 3.8) is 0 Å². The van der Waals surface area contributed by atoms with E-state index in [1.807, 2.05) is 0 Å². The third kappa shape index (κ3) is 2.37. The molecule has 2 rings (SSSR count). The summed E-state index contributed by atoms with van der Waals surface area (Å²) in [5.74, 6) is -5.84. The Balaban J connectivity index is 2.22. The number of carbonyl (C=O) groups is 1. The van der Waals surface area contributed by atoms with E-state index in [-0.39, 0.29) is 18.4 Å². The smallest absolute Gasteiger partial charge is 0.287 e. The number of ketones is 1. The lowest BCUT2D eigenvalue weighted by atomic mass is 10.0. The highest BCUT2D eigenvalue weighted by atomic mass is 19.4. The second kappa shape index (κ2) is 4.03. The Hall–Kier alpha value is -1.46. The van der Waals surface area contributed by atoms with Crippen LogP contribution >= 0.6 is 0 Å². The van der Waals surface area contributed by atoms with E-state index in [9.17, 15) is 26.7 Å². The molecule has 0 unspecified atom stereocenters. The molecule has 1 aromatic carbocycles. The van der Waals surface area contributed by atoms with Crippen LogP contribution in [-0.2, 0) is 6.18 Å². The molecular weight excluding hydrogens is 255 g/mol. The molecule has 0 atom stereocenters. The van der Waals surface area contributed by atoms with Crippen molar-refractivity contribution in [3.05, 3.63) is 35.4 Å². The lowest BCUT2D eigenvalue weighted by Crippen LogP contribution is -2.31. The minimum Gasteiger partial charge on any atom is -0.287 e. The maximum Gasteiger partial charge on any atom is 0.416 e. The largest absolute Gasteiger partial charge is 0.416 e. The van der Waals surface area contributed by atoms with Crippen LogP contribution in [0.1, 0.15) is 28.8 Å². The molecule has 1 fully saturated rings. The standard InChI is InChI=1S/C12H9F5O/c13-11(14,8-5-6-8)10(18)7-1-3-9(4-2-7)12(15,16)17/h1-4,8H,5-6H2. The summed E-state index contributed by atoms with van der Waals surface area (Å²) in [5, 5.41) is 0. The predicted molar refractivity (Wildman–Crippen MR) is 53.4 cm³/mol. The topological polar surface area (TPSA) is 17.1 Å². The van der Waals surface area contributed by atoms with Gasteiger partial charge in [0, 0.05) is 11.5 Å². The van der Waals surface area contributed by atoms with Gasteiger partial charge in [-0.1, -0.05) is 12.1 Å². The predicted octanol–water partition coefficient (Wildman–Crippen LogP) is 3.93. The number of Topliss-reactive ketones (excluding diaryl/α,β-unsaturated/α-hetero) is 1. The van der Waals surface area contributed by atoms with Crippen LogP contribution in [0.4, 0.5) is 22.0 Å². The molecule has 1 aliphatic carbocycles. The van der Waals surface area contributed by atoms with Gasteiger partial charge in [-0.3, -0.25) is 4.79 Å². The highest BCUT2D eigenvalue weighted by Gasteiger charge is 2.52. The van der Waals surface area contributed by atoms with Crippen LogP contribution in [0.15, 0.2) is 24.3 Å². The molecule has 0 amide bonds.